The fourth-order valence-corrected chi connectivity index (χ4v) is 1.16. The van der Waals surface area contributed by atoms with Crippen molar-refractivity contribution in [3.63, 3.8) is 0 Å². The second-order valence-corrected chi connectivity index (χ2v) is 3.41. The SMILES string of the molecule is CCC(C)Nc1ccc(F)cc1C. The lowest BCUT2D eigenvalue weighted by Gasteiger charge is -2.14. The maximum Gasteiger partial charge on any atom is 0.123 e. The lowest BCUT2D eigenvalue weighted by molar-refractivity contribution is 0.626. The number of benzene rings is 1. The molecular formula is C11H16FN. The maximum absolute atomic E-state index is 12.7. The zero-order chi connectivity index (χ0) is 9.84. The van der Waals surface area contributed by atoms with Gasteiger partial charge >= 0.3 is 0 Å². The highest BCUT2D eigenvalue weighted by molar-refractivity contribution is 5.51. The van der Waals surface area contributed by atoms with Gasteiger partial charge in [-0.3, -0.25) is 0 Å². The Labute approximate surface area is 79.0 Å². The topological polar surface area (TPSA) is 12.0 Å². The van der Waals surface area contributed by atoms with Gasteiger partial charge in [-0.25, -0.2) is 4.39 Å². The summed E-state index contributed by atoms with van der Waals surface area (Å²) in [5.74, 6) is -0.174. The highest BCUT2D eigenvalue weighted by atomic mass is 19.1. The Morgan fingerprint density at radius 1 is 1.46 bits per heavy atom. The van der Waals surface area contributed by atoms with E-state index >= 15 is 0 Å². The van der Waals surface area contributed by atoms with Crippen molar-refractivity contribution >= 4 is 5.69 Å². The number of halogens is 1. The summed E-state index contributed by atoms with van der Waals surface area (Å²) in [6.07, 6.45) is 1.07. The number of aryl methyl sites for hydroxylation is 1. The van der Waals surface area contributed by atoms with Crippen LogP contribution in [0.25, 0.3) is 0 Å². The average Bonchev–Trinajstić information content (AvgIpc) is 2.09. The molecule has 1 aromatic rings. The van der Waals surface area contributed by atoms with Gasteiger partial charge in [0.15, 0.2) is 0 Å². The van der Waals surface area contributed by atoms with Gasteiger partial charge in [-0.2, -0.15) is 0 Å². The van der Waals surface area contributed by atoms with Crippen LogP contribution in [0.2, 0.25) is 0 Å². The third-order valence-electron chi connectivity index (χ3n) is 2.20. The Bertz CT molecular complexity index is 283. The average molecular weight is 181 g/mol. The van der Waals surface area contributed by atoms with Crippen LogP contribution >= 0.6 is 0 Å². The Kier molecular flexibility index (Phi) is 3.29. The number of rotatable bonds is 3. The fraction of sp³-hybridized carbons (Fsp3) is 0.455. The number of anilines is 1. The van der Waals surface area contributed by atoms with Crippen molar-refractivity contribution in [2.75, 3.05) is 5.32 Å². The van der Waals surface area contributed by atoms with E-state index in [-0.39, 0.29) is 5.82 Å². The standard InChI is InChI=1S/C11H16FN/c1-4-9(3)13-11-6-5-10(12)7-8(11)2/h5-7,9,13H,4H2,1-3H3. The molecule has 1 unspecified atom stereocenters. The van der Waals surface area contributed by atoms with Gasteiger partial charge in [0.1, 0.15) is 5.82 Å². The first-order valence-electron chi connectivity index (χ1n) is 4.66. The lowest BCUT2D eigenvalue weighted by atomic mass is 10.1. The molecule has 0 radical (unpaired) electrons. The Balaban J connectivity index is 2.77. The first kappa shape index (κ1) is 10.0. The molecule has 72 valence electrons. The van der Waals surface area contributed by atoms with Crippen LogP contribution in [-0.4, -0.2) is 6.04 Å². The molecule has 1 rings (SSSR count). The van der Waals surface area contributed by atoms with E-state index in [1.165, 1.54) is 6.07 Å². The minimum Gasteiger partial charge on any atom is -0.382 e. The van der Waals surface area contributed by atoms with Crippen LogP contribution in [0.15, 0.2) is 18.2 Å². The van der Waals surface area contributed by atoms with Crippen molar-refractivity contribution in [2.45, 2.75) is 33.2 Å². The second kappa shape index (κ2) is 4.26. The van der Waals surface area contributed by atoms with Crippen LogP contribution in [-0.2, 0) is 0 Å². The van der Waals surface area contributed by atoms with E-state index in [1.807, 2.05) is 6.92 Å². The Morgan fingerprint density at radius 3 is 2.69 bits per heavy atom. The number of hydrogen-bond donors (Lipinski definition) is 1. The first-order valence-corrected chi connectivity index (χ1v) is 4.66. The van der Waals surface area contributed by atoms with Crippen molar-refractivity contribution in [3.8, 4) is 0 Å². The van der Waals surface area contributed by atoms with Crippen LogP contribution < -0.4 is 5.32 Å². The van der Waals surface area contributed by atoms with Crippen LogP contribution in [0, 0.1) is 12.7 Å². The molecule has 0 heterocycles. The molecule has 1 atom stereocenters. The summed E-state index contributed by atoms with van der Waals surface area (Å²) in [5, 5.41) is 3.32. The first-order chi connectivity index (χ1) is 6.13. The molecule has 2 heteroatoms. The minimum absolute atomic E-state index is 0.174. The van der Waals surface area contributed by atoms with E-state index in [1.54, 1.807) is 12.1 Å². The molecule has 0 fully saturated rings. The van der Waals surface area contributed by atoms with E-state index in [0.29, 0.717) is 6.04 Å². The molecule has 0 amide bonds. The van der Waals surface area contributed by atoms with E-state index in [9.17, 15) is 4.39 Å². The largest absolute Gasteiger partial charge is 0.382 e. The van der Waals surface area contributed by atoms with Gasteiger partial charge in [0.25, 0.3) is 0 Å². The Hall–Kier alpha value is -1.05. The van der Waals surface area contributed by atoms with Gasteiger partial charge in [-0.05, 0) is 44.0 Å². The summed E-state index contributed by atoms with van der Waals surface area (Å²) < 4.78 is 12.7. The molecule has 0 saturated heterocycles. The molecule has 0 aromatic heterocycles. The zero-order valence-corrected chi connectivity index (χ0v) is 8.39. The summed E-state index contributed by atoms with van der Waals surface area (Å²) >= 11 is 0. The predicted octanol–water partition coefficient (Wildman–Crippen LogP) is 3.34. The molecule has 0 saturated carbocycles. The molecule has 1 nitrogen and oxygen atoms in total. The molecule has 1 aromatic carbocycles. The van der Waals surface area contributed by atoms with E-state index in [4.69, 9.17) is 0 Å². The van der Waals surface area contributed by atoms with E-state index in [2.05, 4.69) is 19.2 Å². The summed E-state index contributed by atoms with van der Waals surface area (Å²) in [6.45, 7) is 6.15. The normalized spacial score (nSPS) is 12.6. The van der Waals surface area contributed by atoms with Crippen LogP contribution in [0.1, 0.15) is 25.8 Å². The van der Waals surface area contributed by atoms with Gasteiger partial charge in [-0.15, -0.1) is 0 Å². The van der Waals surface area contributed by atoms with Gasteiger partial charge in [0, 0.05) is 11.7 Å². The summed E-state index contributed by atoms with van der Waals surface area (Å²) in [5.41, 5.74) is 1.98. The van der Waals surface area contributed by atoms with Crippen molar-refractivity contribution in [3.05, 3.63) is 29.6 Å². The van der Waals surface area contributed by atoms with E-state index in [0.717, 1.165) is 17.7 Å². The molecule has 0 spiro atoms. The molecule has 1 N–H and O–H groups in total. The quantitative estimate of drug-likeness (QED) is 0.754. The summed E-state index contributed by atoms with van der Waals surface area (Å²) in [7, 11) is 0. The summed E-state index contributed by atoms with van der Waals surface area (Å²) in [4.78, 5) is 0. The molecule has 0 bridgehead atoms. The van der Waals surface area contributed by atoms with Crippen LogP contribution in [0.5, 0.6) is 0 Å². The molecule has 13 heavy (non-hydrogen) atoms. The fourth-order valence-electron chi connectivity index (χ4n) is 1.16. The minimum atomic E-state index is -0.174. The third-order valence-corrected chi connectivity index (χ3v) is 2.20. The highest BCUT2D eigenvalue weighted by Gasteiger charge is 2.02. The molecule has 0 aliphatic rings. The molecule has 0 aliphatic heterocycles. The van der Waals surface area contributed by atoms with Crippen molar-refractivity contribution < 1.29 is 4.39 Å². The van der Waals surface area contributed by atoms with Gasteiger partial charge < -0.3 is 5.32 Å². The monoisotopic (exact) mass is 181 g/mol. The number of hydrogen-bond acceptors (Lipinski definition) is 1. The number of nitrogens with one attached hydrogen (secondary N) is 1. The zero-order valence-electron chi connectivity index (χ0n) is 8.39. The molecular weight excluding hydrogens is 165 g/mol. The smallest absolute Gasteiger partial charge is 0.123 e. The summed E-state index contributed by atoms with van der Waals surface area (Å²) in [6, 6.07) is 5.25. The van der Waals surface area contributed by atoms with Gasteiger partial charge in [0.2, 0.25) is 0 Å². The highest BCUT2D eigenvalue weighted by Crippen LogP contribution is 2.16. The van der Waals surface area contributed by atoms with Crippen LogP contribution in [0.4, 0.5) is 10.1 Å². The van der Waals surface area contributed by atoms with Gasteiger partial charge in [0.05, 0.1) is 0 Å². The maximum atomic E-state index is 12.7. The van der Waals surface area contributed by atoms with Crippen molar-refractivity contribution in [2.24, 2.45) is 0 Å². The van der Waals surface area contributed by atoms with Crippen molar-refractivity contribution in [1.82, 2.24) is 0 Å². The van der Waals surface area contributed by atoms with E-state index < -0.39 is 0 Å². The lowest BCUT2D eigenvalue weighted by Crippen LogP contribution is -2.14. The van der Waals surface area contributed by atoms with Crippen LogP contribution in [0.3, 0.4) is 0 Å². The predicted molar refractivity (Wildman–Crippen MR) is 54.5 cm³/mol. The third kappa shape index (κ3) is 2.72. The molecule has 0 aliphatic carbocycles. The Morgan fingerprint density at radius 2 is 2.15 bits per heavy atom. The van der Waals surface area contributed by atoms with Gasteiger partial charge in [-0.1, -0.05) is 6.92 Å². The second-order valence-electron chi connectivity index (χ2n) is 3.41. The van der Waals surface area contributed by atoms with Crippen molar-refractivity contribution in [1.29, 1.82) is 0 Å².